The Morgan fingerprint density at radius 2 is 1.14 bits per heavy atom. The van der Waals surface area contributed by atoms with Crippen LogP contribution >= 0.6 is 22.7 Å². The molecule has 0 atom stereocenters. The van der Waals surface area contributed by atoms with Crippen LogP contribution in [0.25, 0.3) is 21.0 Å². The highest BCUT2D eigenvalue weighted by atomic mass is 32.1. The van der Waals surface area contributed by atoms with E-state index in [4.69, 9.17) is 10.1 Å². The van der Waals surface area contributed by atoms with Gasteiger partial charge in [0.25, 0.3) is 0 Å². The van der Waals surface area contributed by atoms with Gasteiger partial charge in [0.2, 0.25) is 0 Å². The highest BCUT2D eigenvalue weighted by Crippen LogP contribution is 2.32. The average molecular weight is 512 g/mol. The molecule has 0 spiro atoms. The van der Waals surface area contributed by atoms with Crippen molar-refractivity contribution in [2.75, 3.05) is 6.61 Å². The molecule has 3 rings (SSSR count). The van der Waals surface area contributed by atoms with Crippen molar-refractivity contribution in [2.24, 2.45) is 0 Å². The lowest BCUT2D eigenvalue weighted by Gasteiger charge is -2.02. The lowest BCUT2D eigenvalue weighted by Crippen LogP contribution is -1.85. The van der Waals surface area contributed by atoms with E-state index in [1.54, 1.807) is 0 Å². The first-order chi connectivity index (χ1) is 17.3. The summed E-state index contributed by atoms with van der Waals surface area (Å²) in [5.74, 6) is 0. The van der Waals surface area contributed by atoms with Gasteiger partial charge in [-0.25, -0.2) is 0 Å². The molecule has 0 amide bonds. The van der Waals surface area contributed by atoms with Crippen molar-refractivity contribution in [3.05, 3.63) is 52.3 Å². The van der Waals surface area contributed by atoms with E-state index in [0.29, 0.717) is 6.61 Å². The van der Waals surface area contributed by atoms with Gasteiger partial charge in [0.1, 0.15) is 0 Å². The first kappa shape index (κ1) is 28.1. The second-order valence-electron chi connectivity index (χ2n) is 9.78. The molecule has 0 radical (unpaired) electrons. The van der Waals surface area contributed by atoms with E-state index in [1.807, 2.05) is 22.7 Å². The van der Waals surface area contributed by atoms with Gasteiger partial charge < -0.3 is 5.11 Å². The molecule has 3 heterocycles. The maximum Gasteiger partial charge on any atom is 0.0802 e. The van der Waals surface area contributed by atoms with Gasteiger partial charge in [-0.2, -0.15) is 0 Å². The quantitative estimate of drug-likeness (QED) is 0.162. The molecule has 3 aromatic rings. The molecule has 0 unspecified atom stereocenters. The zero-order valence-electron chi connectivity index (χ0n) is 21.8. The third-order valence-corrected chi connectivity index (χ3v) is 9.09. The van der Waals surface area contributed by atoms with Gasteiger partial charge in [0.15, 0.2) is 0 Å². The fraction of sp³-hybridized carbons (Fsp3) is 0.581. The number of thiophene rings is 2. The average Bonchev–Trinajstić information content (AvgIpc) is 3.55. The van der Waals surface area contributed by atoms with E-state index < -0.39 is 0 Å². The maximum atomic E-state index is 8.83. The first-order valence-corrected chi connectivity index (χ1v) is 15.7. The Morgan fingerprint density at radius 1 is 0.600 bits per heavy atom. The molecule has 0 aliphatic heterocycles. The SMILES string of the molecule is CCCCCCCCc1ccc(-c2ccc(-c3ccc(CCCCCCCCCCO)s3)cn2)s1. The monoisotopic (exact) mass is 511 g/mol. The van der Waals surface area contributed by atoms with Gasteiger partial charge in [-0.1, -0.05) is 77.6 Å². The molecule has 192 valence electrons. The molecular formula is C31H45NOS2. The van der Waals surface area contributed by atoms with E-state index >= 15 is 0 Å². The number of hydrogen-bond acceptors (Lipinski definition) is 4. The van der Waals surface area contributed by atoms with Crippen LogP contribution in [0.1, 0.15) is 107 Å². The molecule has 0 saturated carbocycles. The van der Waals surface area contributed by atoms with Crippen molar-refractivity contribution in [3.63, 3.8) is 0 Å². The fourth-order valence-electron chi connectivity index (χ4n) is 4.55. The highest BCUT2D eigenvalue weighted by Gasteiger charge is 2.07. The molecule has 4 heteroatoms. The Bertz CT molecular complexity index is 928. The molecule has 0 aromatic carbocycles. The number of aryl methyl sites for hydroxylation is 2. The molecule has 0 aliphatic rings. The Kier molecular flexibility index (Phi) is 13.7. The summed E-state index contributed by atoms with van der Waals surface area (Å²) in [7, 11) is 0. The van der Waals surface area contributed by atoms with E-state index in [9.17, 15) is 0 Å². The molecule has 0 bridgehead atoms. The predicted octanol–water partition coefficient (Wildman–Crippen LogP) is 10.1. The number of nitrogens with zero attached hydrogens (tertiary/aromatic N) is 1. The van der Waals surface area contributed by atoms with Crippen molar-refractivity contribution in [1.82, 2.24) is 4.98 Å². The second kappa shape index (κ2) is 17.1. The van der Waals surface area contributed by atoms with Crippen molar-refractivity contribution in [2.45, 2.75) is 110 Å². The Labute approximate surface area is 221 Å². The largest absolute Gasteiger partial charge is 0.396 e. The number of pyridine rings is 1. The van der Waals surface area contributed by atoms with Gasteiger partial charge in [-0.3, -0.25) is 4.98 Å². The van der Waals surface area contributed by atoms with Crippen LogP contribution < -0.4 is 0 Å². The topological polar surface area (TPSA) is 33.1 Å². The van der Waals surface area contributed by atoms with Crippen molar-refractivity contribution in [1.29, 1.82) is 0 Å². The minimum atomic E-state index is 0.345. The van der Waals surface area contributed by atoms with E-state index in [-0.39, 0.29) is 0 Å². The molecule has 1 N–H and O–H groups in total. The predicted molar refractivity (Wildman–Crippen MR) is 156 cm³/mol. The van der Waals surface area contributed by atoms with Crippen LogP contribution in [0.5, 0.6) is 0 Å². The van der Waals surface area contributed by atoms with Crippen LogP contribution in [0.15, 0.2) is 42.6 Å². The van der Waals surface area contributed by atoms with Gasteiger partial charge in [-0.05, 0) is 68.5 Å². The van der Waals surface area contributed by atoms with E-state index in [1.165, 1.54) is 121 Å². The lowest BCUT2D eigenvalue weighted by molar-refractivity contribution is 0.282. The molecule has 3 aromatic heterocycles. The molecular weight excluding hydrogens is 466 g/mol. The highest BCUT2D eigenvalue weighted by molar-refractivity contribution is 7.15. The summed E-state index contributed by atoms with van der Waals surface area (Å²) in [4.78, 5) is 10.4. The number of rotatable bonds is 19. The van der Waals surface area contributed by atoms with Crippen molar-refractivity contribution >= 4 is 22.7 Å². The minimum Gasteiger partial charge on any atom is -0.396 e. The fourth-order valence-corrected chi connectivity index (χ4v) is 6.62. The lowest BCUT2D eigenvalue weighted by atomic mass is 10.1. The summed E-state index contributed by atoms with van der Waals surface area (Å²) in [6.07, 6.45) is 22.6. The molecule has 35 heavy (non-hydrogen) atoms. The summed E-state index contributed by atoms with van der Waals surface area (Å²) in [5.41, 5.74) is 2.33. The molecule has 2 nitrogen and oxygen atoms in total. The second-order valence-corrected chi connectivity index (χ2v) is 12.1. The number of aliphatic hydroxyl groups excluding tert-OH is 1. The van der Waals surface area contributed by atoms with Crippen molar-refractivity contribution in [3.8, 4) is 21.0 Å². The Hall–Kier alpha value is -1.49. The summed E-state index contributed by atoms with van der Waals surface area (Å²) in [6, 6.07) is 13.5. The van der Waals surface area contributed by atoms with Crippen LogP contribution in [0.2, 0.25) is 0 Å². The van der Waals surface area contributed by atoms with E-state index in [2.05, 4.69) is 49.5 Å². The smallest absolute Gasteiger partial charge is 0.0802 e. The zero-order chi connectivity index (χ0) is 24.6. The maximum absolute atomic E-state index is 8.83. The number of aromatic nitrogens is 1. The Balaban J connectivity index is 1.37. The normalized spacial score (nSPS) is 11.4. The minimum absolute atomic E-state index is 0.345. The van der Waals surface area contributed by atoms with Gasteiger partial charge in [-0.15, -0.1) is 22.7 Å². The van der Waals surface area contributed by atoms with Crippen LogP contribution in [0, 0.1) is 0 Å². The summed E-state index contributed by atoms with van der Waals surface area (Å²) >= 11 is 3.83. The number of unbranched alkanes of at least 4 members (excludes halogenated alkanes) is 12. The first-order valence-electron chi connectivity index (χ1n) is 14.0. The van der Waals surface area contributed by atoms with E-state index in [0.717, 1.165) is 12.1 Å². The molecule has 0 saturated heterocycles. The third-order valence-electron chi connectivity index (χ3n) is 6.73. The van der Waals surface area contributed by atoms with Gasteiger partial charge in [0.05, 0.1) is 10.6 Å². The third kappa shape index (κ3) is 10.6. The Morgan fingerprint density at radius 3 is 1.71 bits per heavy atom. The van der Waals surface area contributed by atoms with Gasteiger partial charge >= 0.3 is 0 Å². The molecule has 0 aliphatic carbocycles. The van der Waals surface area contributed by atoms with Crippen LogP contribution in [-0.4, -0.2) is 16.7 Å². The van der Waals surface area contributed by atoms with Crippen LogP contribution in [0.3, 0.4) is 0 Å². The van der Waals surface area contributed by atoms with Crippen molar-refractivity contribution < 1.29 is 5.11 Å². The summed E-state index contributed by atoms with van der Waals surface area (Å²) in [5, 5.41) is 8.83. The standard InChI is InChI=1S/C31H45NOS2/c1-2-3-4-5-10-13-17-28-20-23-31(35-28)29-21-18-26(25-32-29)30-22-19-27(34-30)16-14-11-8-6-7-9-12-15-24-33/h18-23,25,33H,2-17,24H2,1H3. The van der Waals surface area contributed by atoms with Crippen LogP contribution in [0.4, 0.5) is 0 Å². The number of aliphatic hydroxyl groups is 1. The summed E-state index contributed by atoms with van der Waals surface area (Å²) < 4.78 is 0. The number of hydrogen-bond donors (Lipinski definition) is 1. The molecule has 0 fully saturated rings. The van der Waals surface area contributed by atoms with Crippen LogP contribution in [-0.2, 0) is 12.8 Å². The zero-order valence-corrected chi connectivity index (χ0v) is 23.4. The summed E-state index contributed by atoms with van der Waals surface area (Å²) in [6.45, 7) is 2.62. The van der Waals surface area contributed by atoms with Gasteiger partial charge in [0, 0.05) is 33.0 Å².